The Morgan fingerprint density at radius 1 is 1.21 bits per heavy atom. The summed E-state index contributed by atoms with van der Waals surface area (Å²) in [7, 11) is 0. The molecule has 2 aliphatic heterocycles. The molecule has 0 radical (unpaired) electrons. The van der Waals surface area contributed by atoms with Gasteiger partial charge in [0.05, 0.1) is 0 Å². The van der Waals surface area contributed by atoms with Crippen LogP contribution in [0.2, 0.25) is 0 Å². The number of nitrogens with one attached hydrogen (secondary N) is 2. The van der Waals surface area contributed by atoms with E-state index in [2.05, 4.69) is 10.6 Å². The molecule has 8 nitrogen and oxygen atoms in total. The Morgan fingerprint density at radius 3 is 2.82 bits per heavy atom. The van der Waals surface area contributed by atoms with Gasteiger partial charge in [0.1, 0.15) is 5.54 Å². The third kappa shape index (κ3) is 3.54. The van der Waals surface area contributed by atoms with E-state index in [0.29, 0.717) is 31.0 Å². The average Bonchev–Trinajstić information content (AvgIpc) is 3.39. The highest BCUT2D eigenvalue weighted by Crippen LogP contribution is 2.35. The number of ether oxygens (including phenoxy) is 2. The van der Waals surface area contributed by atoms with Gasteiger partial charge in [-0.15, -0.1) is 0 Å². The highest BCUT2D eigenvalue weighted by Gasteiger charge is 2.51. The first kappa shape index (κ1) is 18.3. The predicted molar refractivity (Wildman–Crippen MR) is 101 cm³/mol. The fourth-order valence-electron chi connectivity index (χ4n) is 3.89. The van der Waals surface area contributed by atoms with Gasteiger partial charge >= 0.3 is 6.03 Å². The van der Waals surface area contributed by atoms with Crippen LogP contribution in [0.3, 0.4) is 0 Å². The normalized spacial score (nSPS) is 19.6. The van der Waals surface area contributed by atoms with Crippen molar-refractivity contribution in [2.24, 2.45) is 0 Å². The number of nitrogens with zero attached hydrogens (tertiary/aromatic N) is 1. The lowest BCUT2D eigenvalue weighted by atomic mass is 9.98. The van der Waals surface area contributed by atoms with Gasteiger partial charge in [0.2, 0.25) is 12.7 Å². The first-order chi connectivity index (χ1) is 13.6. The lowest BCUT2D eigenvalue weighted by Crippen LogP contribution is -2.44. The molecule has 2 heterocycles. The van der Waals surface area contributed by atoms with Gasteiger partial charge in [0.15, 0.2) is 11.5 Å². The van der Waals surface area contributed by atoms with Crippen molar-refractivity contribution in [2.75, 3.05) is 19.9 Å². The third-order valence-corrected chi connectivity index (χ3v) is 5.38. The molecule has 4 amide bonds. The van der Waals surface area contributed by atoms with E-state index in [1.54, 1.807) is 12.1 Å². The van der Waals surface area contributed by atoms with Crippen molar-refractivity contribution in [3.05, 3.63) is 29.8 Å². The lowest BCUT2D eigenvalue weighted by Gasteiger charge is -2.19. The molecule has 2 fully saturated rings. The number of hydrogen-bond donors (Lipinski definition) is 2. The van der Waals surface area contributed by atoms with E-state index in [9.17, 15) is 14.4 Å². The topological polar surface area (TPSA) is 97.0 Å². The van der Waals surface area contributed by atoms with Crippen LogP contribution in [-0.2, 0) is 9.59 Å². The number of carbonyl (C=O) groups excluding carboxylic acids is 3. The molecule has 1 saturated heterocycles. The molecule has 1 spiro atoms. The van der Waals surface area contributed by atoms with Crippen molar-refractivity contribution >= 4 is 23.9 Å². The summed E-state index contributed by atoms with van der Waals surface area (Å²) in [6, 6.07) is 5.13. The molecule has 28 heavy (non-hydrogen) atoms. The zero-order valence-corrected chi connectivity index (χ0v) is 15.5. The van der Waals surface area contributed by atoms with E-state index < -0.39 is 5.54 Å². The Balaban J connectivity index is 1.21. The van der Waals surface area contributed by atoms with Gasteiger partial charge in [0, 0.05) is 19.2 Å². The standard InChI is InChI=1S/C20H23N3O5/c24-17(7-5-14-4-6-15-16(12-14)28-13-27-15)21-10-3-11-23-18(25)20(22-19(23)26)8-1-2-9-20/h4-7,12H,1-3,8-11,13H2,(H,21,24)(H,22,26)/b7-5+. The molecule has 8 heteroatoms. The largest absolute Gasteiger partial charge is 0.454 e. The van der Waals surface area contributed by atoms with Crippen molar-refractivity contribution in [3.63, 3.8) is 0 Å². The van der Waals surface area contributed by atoms with Crippen LogP contribution in [0, 0.1) is 0 Å². The van der Waals surface area contributed by atoms with Crippen LogP contribution in [0.1, 0.15) is 37.7 Å². The van der Waals surface area contributed by atoms with Crippen molar-refractivity contribution in [3.8, 4) is 11.5 Å². The van der Waals surface area contributed by atoms with Crippen molar-refractivity contribution in [1.82, 2.24) is 15.5 Å². The molecule has 2 N–H and O–H groups in total. The number of fused-ring (bicyclic) bond motifs is 1. The van der Waals surface area contributed by atoms with Crippen LogP contribution in [0.25, 0.3) is 6.08 Å². The second-order valence-electron chi connectivity index (χ2n) is 7.27. The van der Waals surface area contributed by atoms with Crippen molar-refractivity contribution in [1.29, 1.82) is 0 Å². The maximum atomic E-state index is 12.5. The Labute approximate surface area is 162 Å². The molecule has 4 rings (SSSR count). The molecule has 0 unspecified atom stereocenters. The molecule has 148 valence electrons. The number of urea groups is 1. The van der Waals surface area contributed by atoms with Crippen LogP contribution < -0.4 is 20.1 Å². The van der Waals surface area contributed by atoms with Gasteiger partial charge in [-0.3, -0.25) is 14.5 Å². The van der Waals surface area contributed by atoms with E-state index in [1.807, 2.05) is 12.1 Å². The van der Waals surface area contributed by atoms with Crippen LogP contribution in [0.4, 0.5) is 4.79 Å². The van der Waals surface area contributed by atoms with E-state index in [1.165, 1.54) is 11.0 Å². The fraction of sp³-hybridized carbons (Fsp3) is 0.450. The van der Waals surface area contributed by atoms with Crippen molar-refractivity contribution < 1.29 is 23.9 Å². The lowest BCUT2D eigenvalue weighted by molar-refractivity contribution is -0.131. The number of benzene rings is 1. The number of rotatable bonds is 6. The van der Waals surface area contributed by atoms with Gasteiger partial charge in [0.25, 0.3) is 5.91 Å². The van der Waals surface area contributed by atoms with Crippen LogP contribution in [0.5, 0.6) is 11.5 Å². The molecule has 1 aliphatic carbocycles. The molecular weight excluding hydrogens is 362 g/mol. The minimum absolute atomic E-state index is 0.121. The molecule has 0 bridgehead atoms. The predicted octanol–water partition coefficient (Wildman–Crippen LogP) is 1.80. The SMILES string of the molecule is O=C(/C=C/c1ccc2c(c1)OCO2)NCCCN1C(=O)NC2(CCCC2)C1=O. The molecule has 3 aliphatic rings. The number of hydrogen-bond acceptors (Lipinski definition) is 5. The highest BCUT2D eigenvalue weighted by molar-refractivity contribution is 6.07. The fourth-order valence-corrected chi connectivity index (χ4v) is 3.89. The van der Waals surface area contributed by atoms with Gasteiger partial charge in [-0.25, -0.2) is 4.79 Å². The third-order valence-electron chi connectivity index (χ3n) is 5.38. The molecule has 1 saturated carbocycles. The number of amides is 4. The Bertz CT molecular complexity index is 829. The Morgan fingerprint density at radius 2 is 2.00 bits per heavy atom. The summed E-state index contributed by atoms with van der Waals surface area (Å²) in [5, 5.41) is 5.62. The summed E-state index contributed by atoms with van der Waals surface area (Å²) in [5.74, 6) is 1.00. The summed E-state index contributed by atoms with van der Waals surface area (Å²) >= 11 is 0. The molecular formula is C20H23N3O5. The Hall–Kier alpha value is -3.03. The van der Waals surface area contributed by atoms with Gasteiger partial charge < -0.3 is 20.1 Å². The van der Waals surface area contributed by atoms with Crippen LogP contribution >= 0.6 is 0 Å². The van der Waals surface area contributed by atoms with Gasteiger partial charge in [-0.05, 0) is 43.0 Å². The second kappa shape index (κ2) is 7.53. The van der Waals surface area contributed by atoms with Crippen molar-refractivity contribution in [2.45, 2.75) is 37.6 Å². The quantitative estimate of drug-likeness (QED) is 0.442. The highest BCUT2D eigenvalue weighted by atomic mass is 16.7. The van der Waals surface area contributed by atoms with Crippen LogP contribution in [0.15, 0.2) is 24.3 Å². The first-order valence-corrected chi connectivity index (χ1v) is 9.57. The summed E-state index contributed by atoms with van der Waals surface area (Å²) in [5.41, 5.74) is 0.161. The zero-order valence-electron chi connectivity index (χ0n) is 15.5. The minimum Gasteiger partial charge on any atom is -0.454 e. The zero-order chi connectivity index (χ0) is 19.6. The average molecular weight is 385 g/mol. The summed E-state index contributed by atoms with van der Waals surface area (Å²) in [4.78, 5) is 37.9. The van der Waals surface area contributed by atoms with E-state index in [-0.39, 0.29) is 24.6 Å². The molecule has 1 aromatic carbocycles. The summed E-state index contributed by atoms with van der Waals surface area (Å²) in [6.07, 6.45) is 7.01. The van der Waals surface area contributed by atoms with E-state index in [4.69, 9.17) is 9.47 Å². The van der Waals surface area contributed by atoms with Crippen LogP contribution in [-0.4, -0.2) is 48.2 Å². The maximum absolute atomic E-state index is 12.5. The summed E-state index contributed by atoms with van der Waals surface area (Å²) < 4.78 is 10.6. The van der Waals surface area contributed by atoms with Gasteiger partial charge in [-0.1, -0.05) is 18.9 Å². The van der Waals surface area contributed by atoms with Gasteiger partial charge in [-0.2, -0.15) is 0 Å². The maximum Gasteiger partial charge on any atom is 0.325 e. The minimum atomic E-state index is -0.673. The molecule has 1 aromatic rings. The monoisotopic (exact) mass is 385 g/mol. The summed E-state index contributed by atoms with van der Waals surface area (Å²) in [6.45, 7) is 0.897. The second-order valence-corrected chi connectivity index (χ2v) is 7.27. The molecule has 0 atom stereocenters. The Kier molecular flexibility index (Phi) is 4.93. The van der Waals surface area contributed by atoms with E-state index in [0.717, 1.165) is 31.2 Å². The van der Waals surface area contributed by atoms with E-state index >= 15 is 0 Å². The smallest absolute Gasteiger partial charge is 0.325 e. The number of imide groups is 1. The number of carbonyl (C=O) groups is 3. The molecule has 0 aromatic heterocycles. The first-order valence-electron chi connectivity index (χ1n) is 9.57.